The Bertz CT molecular complexity index is 1190. The van der Waals surface area contributed by atoms with Crippen LogP contribution in [0.25, 0.3) is 22.2 Å². The van der Waals surface area contributed by atoms with Crippen molar-refractivity contribution in [3.63, 3.8) is 0 Å². The number of rotatable bonds is 4. The van der Waals surface area contributed by atoms with Crippen molar-refractivity contribution in [1.29, 1.82) is 0 Å². The number of fused-ring (bicyclic) bond motifs is 3. The molecule has 0 unspecified atom stereocenters. The van der Waals surface area contributed by atoms with Gasteiger partial charge in [-0.1, -0.05) is 0 Å². The lowest BCUT2D eigenvalue weighted by Gasteiger charge is -2.55. The van der Waals surface area contributed by atoms with Gasteiger partial charge >= 0.3 is 0 Å². The molecule has 2 fully saturated rings. The van der Waals surface area contributed by atoms with Gasteiger partial charge in [0.1, 0.15) is 11.3 Å². The summed E-state index contributed by atoms with van der Waals surface area (Å²) in [5, 5.41) is 26.6. The van der Waals surface area contributed by atoms with Crippen molar-refractivity contribution in [2.45, 2.75) is 63.1 Å². The van der Waals surface area contributed by atoms with E-state index in [0.29, 0.717) is 28.3 Å². The van der Waals surface area contributed by atoms with Crippen LogP contribution in [0.5, 0.6) is 5.75 Å². The van der Waals surface area contributed by atoms with Gasteiger partial charge in [0.25, 0.3) is 5.91 Å². The molecule has 3 atom stereocenters. The molecule has 2 aliphatic heterocycles. The number of nitrogens with zero attached hydrogens (tertiary/aromatic N) is 3. The number of aromatic nitrogens is 2. The van der Waals surface area contributed by atoms with Crippen molar-refractivity contribution >= 4 is 22.7 Å². The van der Waals surface area contributed by atoms with Gasteiger partial charge in [-0.25, -0.2) is 0 Å². The number of phenolic OH excluding ortho intramolecular Hbond substituents is 1. The molecular formula is C25H31N5O3. The summed E-state index contributed by atoms with van der Waals surface area (Å²) in [5.41, 5.74) is 1.88. The van der Waals surface area contributed by atoms with Crippen LogP contribution in [0.15, 0.2) is 34.7 Å². The van der Waals surface area contributed by atoms with Gasteiger partial charge < -0.3 is 25.1 Å². The maximum Gasteiger partial charge on any atom is 0.286 e. The Balaban J connectivity index is 1.40. The van der Waals surface area contributed by atoms with Crippen molar-refractivity contribution in [1.82, 2.24) is 20.8 Å². The lowest BCUT2D eigenvalue weighted by Crippen LogP contribution is -2.66. The first-order valence-corrected chi connectivity index (χ1v) is 11.5. The lowest BCUT2D eigenvalue weighted by atomic mass is 9.69. The molecule has 1 amide bonds. The van der Waals surface area contributed by atoms with Crippen LogP contribution in [-0.4, -0.2) is 52.4 Å². The molecule has 0 aliphatic carbocycles. The second-order valence-electron chi connectivity index (χ2n) is 10.1. The van der Waals surface area contributed by atoms with E-state index in [1.165, 1.54) is 25.3 Å². The number of hydrogen-bond donors (Lipinski definition) is 3. The van der Waals surface area contributed by atoms with E-state index in [1.54, 1.807) is 19.2 Å². The largest absolute Gasteiger partial charge is 0.507 e. The van der Waals surface area contributed by atoms with E-state index in [1.807, 2.05) is 12.1 Å². The number of amides is 1. The van der Waals surface area contributed by atoms with Crippen LogP contribution < -0.4 is 15.5 Å². The van der Waals surface area contributed by atoms with E-state index in [2.05, 4.69) is 46.6 Å². The quantitative estimate of drug-likeness (QED) is 0.556. The zero-order chi connectivity index (χ0) is 23.4. The molecule has 3 N–H and O–H groups in total. The third kappa shape index (κ3) is 3.93. The molecule has 0 saturated carbocycles. The van der Waals surface area contributed by atoms with Crippen molar-refractivity contribution in [2.24, 2.45) is 0 Å². The average molecular weight is 450 g/mol. The molecule has 4 heterocycles. The minimum atomic E-state index is -0.316. The van der Waals surface area contributed by atoms with E-state index < -0.39 is 0 Å². The number of phenols is 1. The van der Waals surface area contributed by atoms with Crippen LogP contribution in [0.1, 0.15) is 56.5 Å². The highest BCUT2D eigenvalue weighted by atomic mass is 16.3. The first-order chi connectivity index (χ1) is 15.7. The normalized spacial score (nSPS) is 26.8. The molecule has 174 valence electrons. The van der Waals surface area contributed by atoms with Gasteiger partial charge in [-0.3, -0.25) is 4.79 Å². The first kappa shape index (κ1) is 21.7. The molecular weight excluding hydrogens is 418 g/mol. The van der Waals surface area contributed by atoms with Gasteiger partial charge in [0.05, 0.1) is 5.69 Å². The Morgan fingerprint density at radius 2 is 1.91 bits per heavy atom. The molecule has 2 aliphatic rings. The summed E-state index contributed by atoms with van der Waals surface area (Å²) in [4.78, 5) is 14.1. The van der Waals surface area contributed by atoms with Crippen molar-refractivity contribution in [3.8, 4) is 17.0 Å². The molecule has 8 heteroatoms. The van der Waals surface area contributed by atoms with E-state index >= 15 is 0 Å². The highest BCUT2D eigenvalue weighted by Crippen LogP contribution is 2.42. The lowest BCUT2D eigenvalue weighted by molar-refractivity contribution is 0.0784. The minimum Gasteiger partial charge on any atom is -0.507 e. The number of nitrogens with one attached hydrogen (secondary N) is 2. The molecule has 2 aromatic heterocycles. The maximum atomic E-state index is 11.9. The minimum absolute atomic E-state index is 0.0303. The van der Waals surface area contributed by atoms with E-state index in [0.717, 1.165) is 18.7 Å². The van der Waals surface area contributed by atoms with Crippen LogP contribution in [0, 0.1) is 0 Å². The van der Waals surface area contributed by atoms with Gasteiger partial charge in [-0.2, -0.15) is 0 Å². The van der Waals surface area contributed by atoms with Gasteiger partial charge in [-0.05, 0) is 70.2 Å². The molecule has 8 nitrogen and oxygen atoms in total. The fourth-order valence-corrected chi connectivity index (χ4v) is 5.78. The fourth-order valence-electron chi connectivity index (χ4n) is 5.78. The number of carbonyl (C=O) groups excluding carboxylic acids is 1. The molecule has 2 bridgehead atoms. The highest BCUT2D eigenvalue weighted by Gasteiger charge is 2.46. The number of furan rings is 1. The Morgan fingerprint density at radius 3 is 2.55 bits per heavy atom. The smallest absolute Gasteiger partial charge is 0.286 e. The van der Waals surface area contributed by atoms with Crippen LogP contribution in [0.2, 0.25) is 0 Å². The Labute approximate surface area is 193 Å². The number of benzene rings is 1. The fraction of sp³-hybridized carbons (Fsp3) is 0.480. The summed E-state index contributed by atoms with van der Waals surface area (Å²) >= 11 is 0. The number of carbonyl (C=O) groups is 1. The average Bonchev–Trinajstić information content (AvgIpc) is 3.19. The maximum absolute atomic E-state index is 11.9. The van der Waals surface area contributed by atoms with Crippen molar-refractivity contribution in [3.05, 3.63) is 36.1 Å². The molecule has 33 heavy (non-hydrogen) atoms. The molecule has 3 aromatic rings. The Morgan fingerprint density at radius 1 is 1.18 bits per heavy atom. The first-order valence-electron chi connectivity index (χ1n) is 11.5. The van der Waals surface area contributed by atoms with E-state index in [4.69, 9.17) is 4.42 Å². The van der Waals surface area contributed by atoms with Crippen molar-refractivity contribution in [2.75, 3.05) is 19.0 Å². The zero-order valence-electron chi connectivity index (χ0n) is 19.6. The predicted molar refractivity (Wildman–Crippen MR) is 128 cm³/mol. The van der Waals surface area contributed by atoms with Crippen LogP contribution in [0.3, 0.4) is 0 Å². The van der Waals surface area contributed by atoms with Gasteiger partial charge in [0, 0.05) is 48.2 Å². The van der Waals surface area contributed by atoms with Gasteiger partial charge in [0.2, 0.25) is 0 Å². The van der Waals surface area contributed by atoms with E-state index in [-0.39, 0.29) is 28.5 Å². The summed E-state index contributed by atoms with van der Waals surface area (Å²) < 4.78 is 5.54. The van der Waals surface area contributed by atoms with Crippen LogP contribution in [-0.2, 0) is 0 Å². The second kappa shape index (κ2) is 7.73. The van der Waals surface area contributed by atoms with Crippen LogP contribution in [0.4, 0.5) is 5.82 Å². The summed E-state index contributed by atoms with van der Waals surface area (Å²) in [6.07, 6.45) is 5.84. The Kier molecular flexibility index (Phi) is 5.08. The predicted octanol–water partition coefficient (Wildman–Crippen LogP) is 3.84. The monoisotopic (exact) mass is 449 g/mol. The summed E-state index contributed by atoms with van der Waals surface area (Å²) in [5.74, 6) is 0.731. The highest BCUT2D eigenvalue weighted by molar-refractivity contribution is 5.97. The third-order valence-electron chi connectivity index (χ3n) is 7.35. The summed E-state index contributed by atoms with van der Waals surface area (Å²) in [6, 6.07) is 9.16. The molecule has 0 spiro atoms. The second-order valence-corrected chi connectivity index (χ2v) is 10.1. The number of aromatic hydroxyl groups is 1. The summed E-state index contributed by atoms with van der Waals surface area (Å²) in [6.45, 7) is 4.67. The molecule has 0 radical (unpaired) electrons. The molecule has 1 aromatic carbocycles. The van der Waals surface area contributed by atoms with E-state index in [9.17, 15) is 9.90 Å². The summed E-state index contributed by atoms with van der Waals surface area (Å²) in [7, 11) is 3.64. The SMILES string of the molecule is CNC(=O)c1cc2cc(-c3ccc(N(C)[C@H]4C[C@]5(C)CCC[C@](C)(C4)N5)nn3)c(O)cc2o1. The van der Waals surface area contributed by atoms with Gasteiger partial charge in [-0.15, -0.1) is 10.2 Å². The molecule has 2 saturated heterocycles. The third-order valence-corrected chi connectivity index (χ3v) is 7.35. The Hall–Kier alpha value is -3.13. The number of piperidine rings is 2. The van der Waals surface area contributed by atoms with Crippen molar-refractivity contribution < 1.29 is 14.3 Å². The van der Waals surface area contributed by atoms with Gasteiger partial charge in [0.15, 0.2) is 11.6 Å². The number of hydrogen-bond acceptors (Lipinski definition) is 7. The topological polar surface area (TPSA) is 104 Å². The number of anilines is 1. The molecule has 5 rings (SSSR count). The van der Waals surface area contributed by atoms with Crippen LogP contribution >= 0.6 is 0 Å². The zero-order valence-corrected chi connectivity index (χ0v) is 19.6. The standard InChI is InChI=1S/C25H31N5O3/c1-24-8-5-9-25(2,29-24)14-16(13-24)30(4)22-7-6-18(27-28-22)17-10-15-11-21(23(32)26-3)33-20(15)12-19(17)31/h6-7,10-12,16,29,31H,5,8-9,13-14H2,1-4H3,(H,26,32)/t16-,24-,25+.